The number of azo groups is 1. The van der Waals surface area contributed by atoms with E-state index in [4.69, 9.17) is 10.4 Å². The molecule has 0 radical (unpaired) electrons. The lowest BCUT2D eigenvalue weighted by Gasteiger charge is -1.97. The van der Waals surface area contributed by atoms with Crippen molar-refractivity contribution in [2.24, 2.45) is 10.2 Å². The summed E-state index contributed by atoms with van der Waals surface area (Å²) < 4.78 is 0. The first kappa shape index (κ1) is 13.6. The number of aliphatic hydroxyl groups is 1. The number of thiophene rings is 1. The van der Waals surface area contributed by atoms with Gasteiger partial charge in [0.2, 0.25) is 5.78 Å². The molecule has 0 amide bonds. The van der Waals surface area contributed by atoms with Crippen molar-refractivity contribution in [1.82, 2.24) is 0 Å². The Bertz CT molecular complexity index is 712. The molecule has 0 aliphatic rings. The minimum Gasteiger partial charge on any atom is -0.513 e. The predicted octanol–water partition coefficient (Wildman–Crippen LogP) is 3.99. The Morgan fingerprint density at radius 1 is 1.30 bits per heavy atom. The van der Waals surface area contributed by atoms with Gasteiger partial charge in [-0.15, -0.1) is 21.6 Å². The first-order chi connectivity index (χ1) is 9.76. The van der Waals surface area contributed by atoms with Crippen molar-refractivity contribution >= 4 is 22.8 Å². The fourth-order valence-electron chi connectivity index (χ4n) is 1.43. The largest absolute Gasteiger partial charge is 0.513 e. The summed E-state index contributed by atoms with van der Waals surface area (Å²) in [5.74, 6) is -0.416. The molecule has 0 atom stereocenters. The van der Waals surface area contributed by atoms with E-state index in [0.29, 0.717) is 22.4 Å². The summed E-state index contributed by atoms with van der Waals surface area (Å²) in [4.78, 5) is 12.4. The van der Waals surface area contributed by atoms with Gasteiger partial charge in [0.25, 0.3) is 0 Å². The molecule has 1 aromatic carbocycles. The SMILES string of the molecule is N#Cc1ccccc1N=N/C(=C/O)C(=O)c1cccs1. The highest BCUT2D eigenvalue weighted by Gasteiger charge is 2.13. The van der Waals surface area contributed by atoms with Crippen molar-refractivity contribution in [3.8, 4) is 6.07 Å². The number of carbonyl (C=O) groups is 1. The Morgan fingerprint density at radius 3 is 2.75 bits per heavy atom. The molecule has 1 N–H and O–H groups in total. The molecule has 0 saturated carbocycles. The maximum absolute atomic E-state index is 12.0. The van der Waals surface area contributed by atoms with E-state index in [1.807, 2.05) is 6.07 Å². The summed E-state index contributed by atoms with van der Waals surface area (Å²) in [5, 5.41) is 27.3. The maximum Gasteiger partial charge on any atom is 0.226 e. The lowest BCUT2D eigenvalue weighted by molar-refractivity contribution is 0.103. The van der Waals surface area contributed by atoms with Gasteiger partial charge >= 0.3 is 0 Å². The highest BCUT2D eigenvalue weighted by Crippen LogP contribution is 2.21. The first-order valence-corrected chi connectivity index (χ1v) is 6.47. The average Bonchev–Trinajstić information content (AvgIpc) is 3.02. The second kappa shape index (κ2) is 6.41. The lowest BCUT2D eigenvalue weighted by Crippen LogP contribution is -1.98. The predicted molar refractivity (Wildman–Crippen MR) is 75.0 cm³/mol. The van der Waals surface area contributed by atoms with E-state index in [1.165, 1.54) is 11.3 Å². The van der Waals surface area contributed by atoms with Gasteiger partial charge in [0.15, 0.2) is 5.70 Å². The molecule has 98 valence electrons. The topological polar surface area (TPSA) is 85.8 Å². The number of Topliss-reactive ketones (excluding diaryl/α,β-unsaturated/α-hetero) is 1. The number of aliphatic hydroxyl groups excluding tert-OH is 1. The van der Waals surface area contributed by atoms with Crippen molar-refractivity contribution in [2.75, 3.05) is 0 Å². The summed E-state index contributed by atoms with van der Waals surface area (Å²) in [7, 11) is 0. The zero-order valence-corrected chi connectivity index (χ0v) is 11.0. The number of nitrogens with zero attached hydrogens (tertiary/aromatic N) is 3. The molecule has 0 aliphatic carbocycles. The zero-order valence-electron chi connectivity index (χ0n) is 10.2. The van der Waals surface area contributed by atoms with Crippen LogP contribution in [-0.2, 0) is 0 Å². The molecular weight excluding hydrogens is 274 g/mol. The number of hydrogen-bond donors (Lipinski definition) is 1. The third kappa shape index (κ3) is 2.96. The number of carbonyl (C=O) groups excluding carboxylic acids is 1. The Morgan fingerprint density at radius 2 is 2.10 bits per heavy atom. The third-order valence-corrected chi connectivity index (χ3v) is 3.26. The quantitative estimate of drug-likeness (QED) is 0.398. The van der Waals surface area contributed by atoms with Crippen LogP contribution in [0.15, 0.2) is 64.0 Å². The summed E-state index contributed by atoms with van der Waals surface area (Å²) in [6.07, 6.45) is 0.612. The van der Waals surface area contributed by atoms with Crippen LogP contribution in [0.5, 0.6) is 0 Å². The number of allylic oxidation sites excluding steroid dienone is 1. The van der Waals surface area contributed by atoms with Gasteiger partial charge in [-0.2, -0.15) is 5.26 Å². The van der Waals surface area contributed by atoms with Crippen molar-refractivity contribution in [3.63, 3.8) is 0 Å². The third-order valence-electron chi connectivity index (χ3n) is 2.39. The Hall–Kier alpha value is -2.78. The summed E-state index contributed by atoms with van der Waals surface area (Å²) >= 11 is 1.25. The Labute approximate surface area is 119 Å². The second-order valence-corrected chi connectivity index (χ2v) is 4.60. The second-order valence-electron chi connectivity index (χ2n) is 3.65. The van der Waals surface area contributed by atoms with Crippen LogP contribution >= 0.6 is 11.3 Å². The summed E-state index contributed by atoms with van der Waals surface area (Å²) in [5.41, 5.74) is 0.505. The summed E-state index contributed by atoms with van der Waals surface area (Å²) in [6, 6.07) is 12.0. The minimum absolute atomic E-state index is 0.180. The zero-order chi connectivity index (χ0) is 14.4. The van der Waals surface area contributed by atoms with E-state index in [9.17, 15) is 4.79 Å². The number of benzene rings is 1. The molecule has 2 aromatic rings. The van der Waals surface area contributed by atoms with Crippen molar-refractivity contribution in [2.45, 2.75) is 0 Å². The smallest absolute Gasteiger partial charge is 0.226 e. The molecule has 0 aliphatic heterocycles. The average molecular weight is 283 g/mol. The molecular formula is C14H9N3O2S. The van der Waals surface area contributed by atoms with E-state index in [1.54, 1.807) is 41.8 Å². The van der Waals surface area contributed by atoms with Gasteiger partial charge in [0.1, 0.15) is 18.0 Å². The van der Waals surface area contributed by atoms with Crippen molar-refractivity contribution < 1.29 is 9.90 Å². The molecule has 20 heavy (non-hydrogen) atoms. The molecule has 0 spiro atoms. The van der Waals surface area contributed by atoms with Gasteiger partial charge in [0.05, 0.1) is 10.4 Å². The summed E-state index contributed by atoms with van der Waals surface area (Å²) in [6.45, 7) is 0. The molecule has 0 saturated heterocycles. The van der Waals surface area contributed by atoms with E-state index in [-0.39, 0.29) is 5.70 Å². The van der Waals surface area contributed by atoms with Crippen molar-refractivity contribution in [3.05, 3.63) is 64.2 Å². The van der Waals surface area contributed by atoms with Gasteiger partial charge in [-0.1, -0.05) is 18.2 Å². The van der Waals surface area contributed by atoms with Crippen LogP contribution in [0.2, 0.25) is 0 Å². The van der Waals surface area contributed by atoms with Gasteiger partial charge < -0.3 is 5.11 Å². The van der Waals surface area contributed by atoms with Crippen LogP contribution in [0.1, 0.15) is 15.2 Å². The molecule has 1 aromatic heterocycles. The van der Waals surface area contributed by atoms with Gasteiger partial charge in [-0.3, -0.25) is 4.79 Å². The monoisotopic (exact) mass is 283 g/mol. The highest BCUT2D eigenvalue weighted by atomic mass is 32.1. The fourth-order valence-corrected chi connectivity index (χ4v) is 2.10. The van der Waals surface area contributed by atoms with E-state index in [0.717, 1.165) is 0 Å². The molecule has 0 unspecified atom stereocenters. The van der Waals surface area contributed by atoms with Gasteiger partial charge in [-0.25, -0.2) is 0 Å². The molecule has 2 rings (SSSR count). The standard InChI is InChI=1S/C14H9N3O2S/c15-8-10-4-1-2-5-11(10)16-17-12(9-18)14(19)13-6-3-7-20-13/h1-7,9,18H/b12-9+,17-16?. The van der Waals surface area contributed by atoms with Crippen LogP contribution in [-0.4, -0.2) is 10.9 Å². The molecule has 5 nitrogen and oxygen atoms in total. The van der Waals surface area contributed by atoms with Gasteiger partial charge in [0, 0.05) is 0 Å². The Kier molecular flexibility index (Phi) is 4.37. The number of hydrogen-bond acceptors (Lipinski definition) is 6. The van der Waals surface area contributed by atoms with Crippen LogP contribution in [0, 0.1) is 11.3 Å². The van der Waals surface area contributed by atoms with Crippen molar-refractivity contribution in [1.29, 1.82) is 5.26 Å². The van der Waals surface area contributed by atoms with Crippen LogP contribution in [0.25, 0.3) is 0 Å². The molecule has 0 fully saturated rings. The van der Waals surface area contributed by atoms with Crippen LogP contribution < -0.4 is 0 Å². The number of ketones is 1. The van der Waals surface area contributed by atoms with Crippen LogP contribution in [0.3, 0.4) is 0 Å². The van der Waals surface area contributed by atoms with E-state index < -0.39 is 5.78 Å². The Balaban J connectivity index is 2.25. The maximum atomic E-state index is 12.0. The molecule has 6 heteroatoms. The molecule has 0 bridgehead atoms. The number of nitriles is 1. The lowest BCUT2D eigenvalue weighted by atomic mass is 10.2. The minimum atomic E-state index is -0.416. The van der Waals surface area contributed by atoms with Crippen LogP contribution in [0.4, 0.5) is 5.69 Å². The normalized spacial score (nSPS) is 11.4. The van der Waals surface area contributed by atoms with E-state index in [2.05, 4.69) is 10.2 Å². The first-order valence-electron chi connectivity index (χ1n) is 5.59. The van der Waals surface area contributed by atoms with E-state index >= 15 is 0 Å². The molecule has 1 heterocycles. The van der Waals surface area contributed by atoms with Gasteiger partial charge in [-0.05, 0) is 23.6 Å². The highest BCUT2D eigenvalue weighted by molar-refractivity contribution is 7.12. The fraction of sp³-hybridized carbons (Fsp3) is 0. The number of rotatable bonds is 4.